The largest absolute Gasteiger partial charge is 0.393 e. The Hall–Kier alpha value is -0.300. The Bertz CT molecular complexity index is 296. The predicted octanol–water partition coefficient (Wildman–Crippen LogP) is 2.22. The highest BCUT2D eigenvalue weighted by molar-refractivity contribution is 5.15. The summed E-state index contributed by atoms with van der Waals surface area (Å²) in [6.07, 6.45) is 10.2. The molecule has 6 bridgehead atoms. The van der Waals surface area contributed by atoms with Crippen LogP contribution in [0.2, 0.25) is 0 Å². The van der Waals surface area contributed by atoms with Crippen LogP contribution in [0.1, 0.15) is 25.7 Å². The molecule has 7 atom stereocenters. The molecule has 76 valence electrons. The Balaban J connectivity index is 1.84. The van der Waals surface area contributed by atoms with E-state index in [-0.39, 0.29) is 6.10 Å². The Labute approximate surface area is 85.2 Å². The highest BCUT2D eigenvalue weighted by Crippen LogP contribution is 2.61. The van der Waals surface area contributed by atoms with E-state index >= 15 is 0 Å². The third-order valence-electron chi connectivity index (χ3n) is 5.55. The van der Waals surface area contributed by atoms with E-state index in [9.17, 15) is 5.11 Å². The topological polar surface area (TPSA) is 20.2 Å². The standard InChI is InChI=1S/C13H18O/c14-13-11-5-7-4-10-8(11)2-1-3-9(10)12(13)6-7/h1-2,7-14H,3-6H2/t7?,8-,9+,10?,11?,12?,13+/m1/s1. The Kier molecular flexibility index (Phi) is 1.38. The second kappa shape index (κ2) is 2.44. The maximum Gasteiger partial charge on any atom is 0.0605 e. The molecule has 0 aromatic rings. The summed E-state index contributed by atoms with van der Waals surface area (Å²) in [5, 5.41) is 10.3. The number of hydrogen-bond donors (Lipinski definition) is 1. The average Bonchev–Trinajstić information content (AvgIpc) is 2.23. The van der Waals surface area contributed by atoms with Gasteiger partial charge in [0.2, 0.25) is 0 Å². The van der Waals surface area contributed by atoms with Crippen LogP contribution in [0.5, 0.6) is 0 Å². The summed E-state index contributed by atoms with van der Waals surface area (Å²) < 4.78 is 0. The molecule has 0 radical (unpaired) electrons. The highest BCUT2D eigenvalue weighted by Gasteiger charge is 2.57. The molecule has 1 heteroatoms. The Morgan fingerprint density at radius 2 is 1.71 bits per heavy atom. The molecule has 0 heterocycles. The monoisotopic (exact) mass is 190 g/mol. The molecule has 5 rings (SSSR count). The Morgan fingerprint density at radius 1 is 0.929 bits per heavy atom. The summed E-state index contributed by atoms with van der Waals surface area (Å²) in [6, 6.07) is 0. The van der Waals surface area contributed by atoms with Crippen molar-refractivity contribution in [3.05, 3.63) is 12.2 Å². The minimum Gasteiger partial charge on any atom is -0.393 e. The number of aliphatic hydroxyl groups is 1. The van der Waals surface area contributed by atoms with Crippen LogP contribution in [0.15, 0.2) is 12.2 Å². The van der Waals surface area contributed by atoms with Gasteiger partial charge < -0.3 is 5.11 Å². The van der Waals surface area contributed by atoms with Gasteiger partial charge >= 0.3 is 0 Å². The smallest absolute Gasteiger partial charge is 0.0605 e. The lowest BCUT2D eigenvalue weighted by atomic mass is 9.45. The molecule has 0 amide bonds. The maximum absolute atomic E-state index is 10.3. The summed E-state index contributed by atoms with van der Waals surface area (Å²) in [7, 11) is 0. The van der Waals surface area contributed by atoms with E-state index in [0.29, 0.717) is 11.8 Å². The number of rotatable bonds is 0. The molecule has 4 saturated carbocycles. The first-order valence-corrected chi connectivity index (χ1v) is 6.19. The van der Waals surface area contributed by atoms with E-state index in [0.717, 1.165) is 23.7 Å². The minimum absolute atomic E-state index is 0.0442. The van der Waals surface area contributed by atoms with Gasteiger partial charge in [0, 0.05) is 0 Å². The van der Waals surface area contributed by atoms with Crippen LogP contribution in [0.4, 0.5) is 0 Å². The highest BCUT2D eigenvalue weighted by atomic mass is 16.3. The van der Waals surface area contributed by atoms with Gasteiger partial charge in [-0.1, -0.05) is 12.2 Å². The van der Waals surface area contributed by atoms with Crippen molar-refractivity contribution >= 4 is 0 Å². The second-order valence-electron chi connectivity index (χ2n) is 5.96. The van der Waals surface area contributed by atoms with Crippen LogP contribution in [0.3, 0.4) is 0 Å². The molecule has 0 aromatic heterocycles. The normalized spacial score (nSPS) is 63.4. The molecule has 5 aliphatic carbocycles. The number of allylic oxidation sites excluding steroid dienone is 2. The van der Waals surface area contributed by atoms with Gasteiger partial charge in [-0.05, 0) is 61.2 Å². The SMILES string of the molecule is O[C@H]1C2CC3CC1[C@H]1CC=C[C@@H]2C1C3. The minimum atomic E-state index is 0.0442. The summed E-state index contributed by atoms with van der Waals surface area (Å²) in [5.41, 5.74) is 0. The van der Waals surface area contributed by atoms with Gasteiger partial charge in [-0.15, -0.1) is 0 Å². The molecule has 1 nitrogen and oxygen atoms in total. The summed E-state index contributed by atoms with van der Waals surface area (Å²) in [5.74, 6) is 4.80. The van der Waals surface area contributed by atoms with Gasteiger partial charge in [-0.25, -0.2) is 0 Å². The van der Waals surface area contributed by atoms with Crippen molar-refractivity contribution in [3.63, 3.8) is 0 Å². The summed E-state index contributed by atoms with van der Waals surface area (Å²) in [4.78, 5) is 0. The first-order chi connectivity index (χ1) is 6.84. The fourth-order valence-corrected chi connectivity index (χ4v) is 5.13. The van der Waals surface area contributed by atoms with Crippen molar-refractivity contribution in [3.8, 4) is 0 Å². The second-order valence-corrected chi connectivity index (χ2v) is 5.96. The van der Waals surface area contributed by atoms with Crippen molar-refractivity contribution in [2.45, 2.75) is 31.8 Å². The predicted molar refractivity (Wildman–Crippen MR) is 54.6 cm³/mol. The van der Waals surface area contributed by atoms with E-state index in [1.54, 1.807) is 0 Å². The molecule has 0 saturated heterocycles. The summed E-state index contributed by atoms with van der Waals surface area (Å²) >= 11 is 0. The number of hydrogen-bond acceptors (Lipinski definition) is 1. The number of aliphatic hydroxyl groups excluding tert-OH is 1. The molecule has 4 unspecified atom stereocenters. The molecular formula is C13H18O. The zero-order valence-corrected chi connectivity index (χ0v) is 8.47. The lowest BCUT2D eigenvalue weighted by Crippen LogP contribution is -2.58. The maximum atomic E-state index is 10.3. The molecular weight excluding hydrogens is 172 g/mol. The first kappa shape index (κ1) is 7.92. The van der Waals surface area contributed by atoms with Crippen LogP contribution in [0, 0.1) is 35.5 Å². The van der Waals surface area contributed by atoms with E-state index in [1.165, 1.54) is 25.7 Å². The van der Waals surface area contributed by atoms with Crippen LogP contribution in [0.25, 0.3) is 0 Å². The average molecular weight is 190 g/mol. The van der Waals surface area contributed by atoms with E-state index in [2.05, 4.69) is 12.2 Å². The van der Waals surface area contributed by atoms with Crippen molar-refractivity contribution in [2.75, 3.05) is 0 Å². The molecule has 0 aromatic carbocycles. The zero-order chi connectivity index (χ0) is 9.28. The molecule has 14 heavy (non-hydrogen) atoms. The lowest BCUT2D eigenvalue weighted by Gasteiger charge is -2.61. The molecule has 5 aliphatic rings. The van der Waals surface area contributed by atoms with Crippen molar-refractivity contribution in [1.29, 1.82) is 0 Å². The van der Waals surface area contributed by atoms with E-state index < -0.39 is 0 Å². The summed E-state index contributed by atoms with van der Waals surface area (Å²) in [6.45, 7) is 0. The van der Waals surface area contributed by atoms with Gasteiger partial charge in [-0.2, -0.15) is 0 Å². The Morgan fingerprint density at radius 3 is 2.64 bits per heavy atom. The van der Waals surface area contributed by atoms with Crippen LogP contribution < -0.4 is 0 Å². The fourth-order valence-electron chi connectivity index (χ4n) is 5.13. The third-order valence-corrected chi connectivity index (χ3v) is 5.55. The quantitative estimate of drug-likeness (QED) is 0.581. The van der Waals surface area contributed by atoms with Crippen molar-refractivity contribution < 1.29 is 5.11 Å². The lowest BCUT2D eigenvalue weighted by molar-refractivity contribution is -0.155. The first-order valence-electron chi connectivity index (χ1n) is 6.19. The van der Waals surface area contributed by atoms with Crippen LogP contribution in [-0.2, 0) is 0 Å². The van der Waals surface area contributed by atoms with Gasteiger partial charge in [0.05, 0.1) is 6.10 Å². The van der Waals surface area contributed by atoms with Crippen molar-refractivity contribution in [1.82, 2.24) is 0 Å². The molecule has 1 N–H and O–H groups in total. The van der Waals surface area contributed by atoms with Gasteiger partial charge in [0.25, 0.3) is 0 Å². The van der Waals surface area contributed by atoms with Gasteiger partial charge in [0.15, 0.2) is 0 Å². The fraction of sp³-hybridized carbons (Fsp3) is 0.846. The van der Waals surface area contributed by atoms with Gasteiger partial charge in [-0.3, -0.25) is 0 Å². The van der Waals surface area contributed by atoms with Crippen LogP contribution in [-0.4, -0.2) is 11.2 Å². The van der Waals surface area contributed by atoms with Gasteiger partial charge in [0.1, 0.15) is 0 Å². The molecule has 4 fully saturated rings. The van der Waals surface area contributed by atoms with Crippen LogP contribution >= 0.6 is 0 Å². The van der Waals surface area contributed by atoms with E-state index in [4.69, 9.17) is 0 Å². The molecule has 0 aliphatic heterocycles. The zero-order valence-electron chi connectivity index (χ0n) is 8.47. The molecule has 0 spiro atoms. The van der Waals surface area contributed by atoms with E-state index in [1.807, 2.05) is 0 Å². The van der Waals surface area contributed by atoms with Crippen molar-refractivity contribution in [2.24, 2.45) is 35.5 Å². The third kappa shape index (κ3) is 0.770.